The average molecular weight is 535 g/mol. The highest BCUT2D eigenvalue weighted by molar-refractivity contribution is 8.14. The highest BCUT2D eigenvalue weighted by Crippen LogP contribution is 2.16. The molecule has 3 atom stereocenters. The van der Waals surface area contributed by atoms with Crippen LogP contribution in [0.25, 0.3) is 0 Å². The third-order valence-electron chi connectivity index (χ3n) is 5.68. The molecule has 204 valence electrons. The lowest BCUT2D eigenvalue weighted by atomic mass is 10.2. The Kier molecular flexibility index (Phi) is 19.3. The Hall–Kier alpha value is -1.14. The van der Waals surface area contributed by atoms with Crippen LogP contribution in [0.3, 0.4) is 0 Å². The number of hydrogen-bond acceptors (Lipinski definition) is 9. The van der Waals surface area contributed by atoms with Gasteiger partial charge in [0.15, 0.2) is 10.2 Å². The maximum absolute atomic E-state index is 12.4. The monoisotopic (exact) mass is 534 g/mol. The van der Waals surface area contributed by atoms with Crippen LogP contribution in [0.2, 0.25) is 0 Å². The predicted molar refractivity (Wildman–Crippen MR) is 145 cm³/mol. The lowest BCUT2D eigenvalue weighted by molar-refractivity contribution is -0.123. The first kappa shape index (κ1) is 33.9. The van der Waals surface area contributed by atoms with Gasteiger partial charge in [-0.3, -0.25) is 24.1 Å². The van der Waals surface area contributed by atoms with Crippen LogP contribution in [-0.4, -0.2) is 99.5 Å². The van der Waals surface area contributed by atoms with Crippen LogP contribution in [0.4, 0.5) is 0 Å². The number of hydrogen-bond donors (Lipinski definition) is 3. The summed E-state index contributed by atoms with van der Waals surface area (Å²) in [5.74, 6) is 0.468. The smallest absolute Gasteiger partial charge is 0.220 e. The van der Waals surface area contributed by atoms with E-state index >= 15 is 0 Å². The summed E-state index contributed by atoms with van der Waals surface area (Å²) in [5, 5.41) is 16.2. The van der Waals surface area contributed by atoms with Gasteiger partial charge in [-0.2, -0.15) is 0 Å². The Morgan fingerprint density at radius 3 is 1.69 bits per heavy atom. The minimum atomic E-state index is -0.890. The van der Waals surface area contributed by atoms with Crippen molar-refractivity contribution in [3.8, 4) is 0 Å². The van der Waals surface area contributed by atoms with E-state index in [0.717, 1.165) is 36.6 Å². The number of aliphatic hydroxyl groups is 1. The van der Waals surface area contributed by atoms with E-state index in [9.17, 15) is 24.3 Å². The summed E-state index contributed by atoms with van der Waals surface area (Å²) in [5.41, 5.74) is 0. The number of carbonyl (C=O) groups is 4. The van der Waals surface area contributed by atoms with E-state index in [2.05, 4.69) is 29.4 Å². The summed E-state index contributed by atoms with van der Waals surface area (Å²) in [6.07, 6.45) is -0.00416. The molecule has 2 amide bonds. The van der Waals surface area contributed by atoms with Crippen LogP contribution in [0.1, 0.15) is 67.2 Å². The minimum Gasteiger partial charge on any atom is -0.376 e. The van der Waals surface area contributed by atoms with E-state index in [0.29, 0.717) is 38.2 Å². The van der Waals surface area contributed by atoms with Gasteiger partial charge in [0.1, 0.15) is 6.23 Å². The van der Waals surface area contributed by atoms with E-state index in [1.807, 2.05) is 18.7 Å². The number of nitrogens with zero attached hydrogens (tertiary/aromatic N) is 2. The number of likely N-dealkylation sites (N-methyl/N-ethyl adjacent to an activating group) is 2. The number of rotatable bonds is 19. The van der Waals surface area contributed by atoms with Gasteiger partial charge in [0.2, 0.25) is 11.8 Å². The fourth-order valence-corrected chi connectivity index (χ4v) is 5.04. The second-order valence-electron chi connectivity index (χ2n) is 8.13. The maximum Gasteiger partial charge on any atom is 0.220 e. The van der Waals surface area contributed by atoms with Crippen LogP contribution in [-0.2, 0) is 19.2 Å². The van der Waals surface area contributed by atoms with Crippen LogP contribution >= 0.6 is 23.5 Å². The molecule has 0 aliphatic rings. The van der Waals surface area contributed by atoms with Crippen molar-refractivity contribution in [1.82, 2.24) is 20.4 Å². The zero-order valence-electron chi connectivity index (χ0n) is 22.3. The molecule has 0 aliphatic carbocycles. The Morgan fingerprint density at radius 2 is 1.23 bits per heavy atom. The molecule has 0 heterocycles. The number of carbonyl (C=O) groups excluding carboxylic acids is 4. The topological polar surface area (TPSA) is 119 Å². The predicted octanol–water partition coefficient (Wildman–Crippen LogP) is 2.08. The number of amides is 2. The van der Waals surface area contributed by atoms with Gasteiger partial charge in [-0.05, 0) is 26.2 Å². The van der Waals surface area contributed by atoms with E-state index in [4.69, 9.17) is 0 Å². The highest BCUT2D eigenvalue weighted by Gasteiger charge is 2.26. The quantitative estimate of drug-likeness (QED) is 0.214. The fourth-order valence-electron chi connectivity index (χ4n) is 3.35. The zero-order chi connectivity index (χ0) is 26.8. The first-order valence-electron chi connectivity index (χ1n) is 12.7. The second kappa shape index (κ2) is 20.0. The number of nitrogens with one attached hydrogen (secondary N) is 2. The summed E-state index contributed by atoms with van der Waals surface area (Å²) in [6.45, 7) is 15.1. The van der Waals surface area contributed by atoms with Crippen LogP contribution < -0.4 is 10.6 Å². The molecule has 35 heavy (non-hydrogen) atoms. The van der Waals surface area contributed by atoms with Crippen LogP contribution in [0.5, 0.6) is 0 Å². The summed E-state index contributed by atoms with van der Waals surface area (Å²) >= 11 is 2.18. The van der Waals surface area contributed by atoms with E-state index in [1.165, 1.54) is 0 Å². The summed E-state index contributed by atoms with van der Waals surface area (Å²) in [6, 6.07) is -0.713. The van der Waals surface area contributed by atoms with Gasteiger partial charge in [0.05, 0.1) is 12.1 Å². The molecule has 0 saturated carbocycles. The van der Waals surface area contributed by atoms with Crippen molar-refractivity contribution in [1.29, 1.82) is 0 Å². The van der Waals surface area contributed by atoms with Crippen molar-refractivity contribution in [2.45, 2.75) is 85.5 Å². The standard InChI is InChI=1S/C24H46N4O5S2/c1-7-20(29)25-18(15-27(9-3)10-4)16-34-22(31)13-14-23(32)35-17-19(26-21(30)8-2)24(33)28(11-5)12-6/h18-19,24,33H,7-17H2,1-6H3,(H,25,29)(H,26,30). The van der Waals surface area contributed by atoms with Crippen LogP contribution in [0.15, 0.2) is 0 Å². The largest absolute Gasteiger partial charge is 0.376 e. The molecule has 0 spiro atoms. The normalized spacial score (nSPS) is 14.0. The van der Waals surface area contributed by atoms with Crippen molar-refractivity contribution < 1.29 is 24.3 Å². The average Bonchev–Trinajstić information content (AvgIpc) is 2.86. The summed E-state index contributed by atoms with van der Waals surface area (Å²) in [7, 11) is 0. The van der Waals surface area contributed by atoms with Crippen molar-refractivity contribution >= 4 is 45.6 Å². The van der Waals surface area contributed by atoms with Gasteiger partial charge in [-0.1, -0.05) is 65.1 Å². The van der Waals surface area contributed by atoms with E-state index in [-0.39, 0.29) is 46.7 Å². The molecule has 0 rings (SSSR count). The molecule has 0 bridgehead atoms. The van der Waals surface area contributed by atoms with Gasteiger partial charge in [-0.25, -0.2) is 0 Å². The lowest BCUT2D eigenvalue weighted by Crippen LogP contribution is -2.53. The first-order chi connectivity index (χ1) is 16.6. The molecular weight excluding hydrogens is 488 g/mol. The number of thioether (sulfide) groups is 2. The second-order valence-corrected chi connectivity index (χ2v) is 10.3. The Labute approximate surface area is 219 Å². The SMILES string of the molecule is CCC(=O)NC(CSC(=O)CCC(=O)SCC(NC(=O)CC)C(O)N(CC)CC)CN(CC)CC. The van der Waals surface area contributed by atoms with Crippen molar-refractivity contribution in [3.05, 3.63) is 0 Å². The van der Waals surface area contributed by atoms with Crippen molar-refractivity contribution in [3.63, 3.8) is 0 Å². The third kappa shape index (κ3) is 14.9. The Morgan fingerprint density at radius 1 is 0.743 bits per heavy atom. The highest BCUT2D eigenvalue weighted by atomic mass is 32.2. The Bertz CT molecular complexity index is 645. The molecule has 11 heteroatoms. The molecule has 0 fully saturated rings. The third-order valence-corrected chi connectivity index (χ3v) is 7.82. The fraction of sp³-hybridized carbons (Fsp3) is 0.833. The van der Waals surface area contributed by atoms with Crippen molar-refractivity contribution in [2.75, 3.05) is 44.2 Å². The molecule has 0 aromatic rings. The van der Waals surface area contributed by atoms with Crippen molar-refractivity contribution in [2.24, 2.45) is 0 Å². The van der Waals surface area contributed by atoms with E-state index < -0.39 is 12.3 Å². The first-order valence-corrected chi connectivity index (χ1v) is 14.7. The van der Waals surface area contributed by atoms with Gasteiger partial charge < -0.3 is 20.6 Å². The molecule has 0 aliphatic heterocycles. The molecular formula is C24H46N4O5S2. The number of aliphatic hydroxyl groups excluding tert-OH is 1. The summed E-state index contributed by atoms with van der Waals surface area (Å²) in [4.78, 5) is 52.6. The zero-order valence-corrected chi connectivity index (χ0v) is 23.9. The maximum atomic E-state index is 12.4. The van der Waals surface area contributed by atoms with Gasteiger partial charge in [0, 0.05) is 43.7 Å². The van der Waals surface area contributed by atoms with E-state index in [1.54, 1.807) is 13.8 Å². The molecule has 9 nitrogen and oxygen atoms in total. The van der Waals surface area contributed by atoms with Gasteiger partial charge in [-0.15, -0.1) is 0 Å². The molecule has 3 N–H and O–H groups in total. The summed E-state index contributed by atoms with van der Waals surface area (Å²) < 4.78 is 0. The molecule has 0 radical (unpaired) electrons. The lowest BCUT2D eigenvalue weighted by Gasteiger charge is -2.32. The molecule has 3 unspecified atom stereocenters. The molecule has 0 aromatic heterocycles. The van der Waals surface area contributed by atoms with Crippen LogP contribution in [0, 0.1) is 0 Å². The van der Waals surface area contributed by atoms with Gasteiger partial charge >= 0.3 is 0 Å². The van der Waals surface area contributed by atoms with Gasteiger partial charge in [0.25, 0.3) is 0 Å². The molecule has 0 saturated heterocycles. The molecule has 0 aromatic carbocycles. The Balaban J connectivity index is 4.72. The minimum absolute atomic E-state index is 0.0431.